The van der Waals surface area contributed by atoms with Gasteiger partial charge >= 0.3 is 0 Å². The first-order chi connectivity index (χ1) is 12.9. The lowest BCUT2D eigenvalue weighted by Gasteiger charge is -2.33. The van der Waals surface area contributed by atoms with E-state index in [1.54, 1.807) is 19.1 Å². The van der Waals surface area contributed by atoms with Gasteiger partial charge in [-0.25, -0.2) is 4.39 Å². The van der Waals surface area contributed by atoms with Gasteiger partial charge < -0.3 is 20.5 Å². The van der Waals surface area contributed by atoms with Crippen molar-refractivity contribution in [3.05, 3.63) is 34.1 Å². The van der Waals surface area contributed by atoms with Gasteiger partial charge in [0.2, 0.25) is 0 Å². The molecule has 0 saturated carbocycles. The minimum absolute atomic E-state index is 0.213. The molecule has 2 rings (SSSR count). The van der Waals surface area contributed by atoms with Crippen LogP contribution in [0.1, 0.15) is 19.4 Å². The Balaban J connectivity index is 1.85. The number of morpholine rings is 1. The summed E-state index contributed by atoms with van der Waals surface area (Å²) < 4.78 is 20.0. The van der Waals surface area contributed by atoms with Gasteiger partial charge in [0.1, 0.15) is 5.82 Å². The molecule has 1 aromatic rings. The zero-order valence-electron chi connectivity index (χ0n) is 16.1. The molecule has 0 aliphatic carbocycles. The highest BCUT2D eigenvalue weighted by Crippen LogP contribution is 2.15. The average molecular weight is 445 g/mol. The lowest BCUT2D eigenvalue weighted by atomic mass is 10.1. The minimum atomic E-state index is -0.921. The van der Waals surface area contributed by atoms with Gasteiger partial charge in [-0.2, -0.15) is 0 Å². The Morgan fingerprint density at radius 2 is 2.11 bits per heavy atom. The summed E-state index contributed by atoms with van der Waals surface area (Å²) in [4.78, 5) is 6.70. The van der Waals surface area contributed by atoms with E-state index in [-0.39, 0.29) is 12.4 Å². The Morgan fingerprint density at radius 1 is 1.37 bits per heavy atom. The molecule has 1 aromatic carbocycles. The monoisotopic (exact) mass is 444 g/mol. The molecule has 152 valence electrons. The fraction of sp³-hybridized carbons (Fsp3) is 0.632. The summed E-state index contributed by atoms with van der Waals surface area (Å²) in [5.41, 5.74) is -0.275. The molecule has 0 spiro atoms. The van der Waals surface area contributed by atoms with Gasteiger partial charge in [0.05, 0.1) is 25.4 Å². The maximum Gasteiger partial charge on any atom is 0.191 e. The predicted molar refractivity (Wildman–Crippen MR) is 110 cm³/mol. The topological polar surface area (TPSA) is 69.1 Å². The second-order valence-electron chi connectivity index (χ2n) is 6.99. The van der Waals surface area contributed by atoms with Crippen LogP contribution >= 0.6 is 15.9 Å². The molecule has 1 heterocycles. The minimum Gasteiger partial charge on any atom is -0.387 e. The van der Waals surface area contributed by atoms with E-state index in [4.69, 9.17) is 4.74 Å². The Kier molecular flexibility index (Phi) is 8.95. The van der Waals surface area contributed by atoms with Crippen molar-refractivity contribution in [2.45, 2.75) is 25.9 Å². The highest BCUT2D eigenvalue weighted by atomic mass is 79.9. The molecule has 1 fully saturated rings. The molecule has 6 nitrogen and oxygen atoms in total. The largest absolute Gasteiger partial charge is 0.387 e. The Hall–Kier alpha value is -1.22. The van der Waals surface area contributed by atoms with E-state index in [1.165, 1.54) is 6.07 Å². The number of hydrogen-bond donors (Lipinski definition) is 3. The third-order valence-corrected chi connectivity index (χ3v) is 4.78. The SMILES string of the molecule is CCNC(=NCC(C)(O)CN1CCOCC1)NCCc1cc(Br)ccc1F. The number of rotatable bonds is 8. The molecule has 0 aromatic heterocycles. The highest BCUT2D eigenvalue weighted by molar-refractivity contribution is 9.10. The number of β-amino-alcohol motifs (C(OH)–C–C–N with tert-alkyl or cyclic N) is 1. The number of nitrogens with one attached hydrogen (secondary N) is 2. The lowest BCUT2D eigenvalue weighted by Crippen LogP contribution is -2.48. The summed E-state index contributed by atoms with van der Waals surface area (Å²) in [6, 6.07) is 4.93. The van der Waals surface area contributed by atoms with Crippen LogP contribution in [0.25, 0.3) is 0 Å². The van der Waals surface area contributed by atoms with Crippen LogP contribution in [0, 0.1) is 5.82 Å². The van der Waals surface area contributed by atoms with E-state index in [9.17, 15) is 9.50 Å². The summed E-state index contributed by atoms with van der Waals surface area (Å²) in [6.45, 7) is 8.95. The highest BCUT2D eigenvalue weighted by Gasteiger charge is 2.25. The third kappa shape index (κ3) is 8.13. The smallest absolute Gasteiger partial charge is 0.191 e. The van der Waals surface area contributed by atoms with E-state index in [0.29, 0.717) is 50.8 Å². The number of guanidine groups is 1. The van der Waals surface area contributed by atoms with Gasteiger partial charge in [-0.3, -0.25) is 9.89 Å². The van der Waals surface area contributed by atoms with Crippen molar-refractivity contribution in [1.82, 2.24) is 15.5 Å². The fourth-order valence-corrected chi connectivity index (χ4v) is 3.34. The molecule has 1 atom stereocenters. The zero-order chi connectivity index (χ0) is 19.7. The molecule has 8 heteroatoms. The average Bonchev–Trinajstić information content (AvgIpc) is 2.63. The molecule has 0 bridgehead atoms. The zero-order valence-corrected chi connectivity index (χ0v) is 17.7. The number of hydrogen-bond acceptors (Lipinski definition) is 4. The first kappa shape index (κ1) is 22.1. The van der Waals surface area contributed by atoms with E-state index >= 15 is 0 Å². The summed E-state index contributed by atoms with van der Waals surface area (Å²) in [5, 5.41) is 17.0. The van der Waals surface area contributed by atoms with Crippen LogP contribution in [0.2, 0.25) is 0 Å². The summed E-state index contributed by atoms with van der Waals surface area (Å²) >= 11 is 3.37. The molecule has 0 amide bonds. The standard InChI is InChI=1S/C19H30BrFN4O2/c1-3-22-18(23-7-6-15-12-16(20)4-5-17(15)21)24-13-19(2,26)14-25-8-10-27-11-9-25/h4-5,12,26H,3,6-11,13-14H2,1-2H3,(H2,22,23,24). The van der Waals surface area contributed by atoms with Crippen LogP contribution in [0.3, 0.4) is 0 Å². The molecular formula is C19H30BrFN4O2. The summed E-state index contributed by atoms with van der Waals surface area (Å²) in [7, 11) is 0. The number of ether oxygens (including phenoxy) is 1. The first-order valence-corrected chi connectivity index (χ1v) is 10.2. The van der Waals surface area contributed by atoms with Crippen molar-refractivity contribution in [3.8, 4) is 0 Å². The first-order valence-electron chi connectivity index (χ1n) is 9.38. The van der Waals surface area contributed by atoms with Crippen molar-refractivity contribution < 1.29 is 14.2 Å². The van der Waals surface area contributed by atoms with Crippen molar-refractivity contribution in [2.24, 2.45) is 4.99 Å². The van der Waals surface area contributed by atoms with Crippen molar-refractivity contribution in [2.75, 3.05) is 52.5 Å². The Labute approximate surface area is 169 Å². The molecule has 1 aliphatic rings. The third-order valence-electron chi connectivity index (χ3n) is 4.28. The van der Waals surface area contributed by atoms with E-state index in [0.717, 1.165) is 17.6 Å². The van der Waals surface area contributed by atoms with E-state index in [1.807, 2.05) is 6.92 Å². The van der Waals surface area contributed by atoms with Gasteiger partial charge in [-0.15, -0.1) is 0 Å². The quantitative estimate of drug-likeness (QED) is 0.421. The van der Waals surface area contributed by atoms with Crippen LogP contribution in [-0.2, 0) is 11.2 Å². The number of halogens is 2. The second kappa shape index (κ2) is 10.9. The van der Waals surface area contributed by atoms with Gasteiger partial charge in [0.15, 0.2) is 5.96 Å². The second-order valence-corrected chi connectivity index (χ2v) is 7.91. The number of aliphatic imine (C=N–C) groups is 1. The molecule has 1 aliphatic heterocycles. The van der Waals surface area contributed by atoms with Crippen LogP contribution < -0.4 is 10.6 Å². The number of aliphatic hydroxyl groups is 1. The van der Waals surface area contributed by atoms with Gasteiger partial charge in [0, 0.05) is 37.2 Å². The fourth-order valence-electron chi connectivity index (χ4n) is 2.93. The maximum atomic E-state index is 13.8. The normalized spacial score (nSPS) is 18.2. The number of nitrogens with zero attached hydrogens (tertiary/aromatic N) is 2. The molecular weight excluding hydrogens is 415 g/mol. The molecule has 1 saturated heterocycles. The van der Waals surface area contributed by atoms with Gasteiger partial charge in [-0.05, 0) is 44.0 Å². The summed E-state index contributed by atoms with van der Waals surface area (Å²) in [6.07, 6.45) is 0.542. The molecule has 3 N–H and O–H groups in total. The van der Waals surface area contributed by atoms with Crippen LogP contribution in [0.5, 0.6) is 0 Å². The number of benzene rings is 1. The van der Waals surface area contributed by atoms with Crippen molar-refractivity contribution >= 4 is 21.9 Å². The van der Waals surface area contributed by atoms with E-state index < -0.39 is 5.60 Å². The van der Waals surface area contributed by atoms with Crippen LogP contribution in [-0.4, -0.2) is 74.0 Å². The van der Waals surface area contributed by atoms with Crippen molar-refractivity contribution in [3.63, 3.8) is 0 Å². The van der Waals surface area contributed by atoms with Gasteiger partial charge in [0.25, 0.3) is 0 Å². The summed E-state index contributed by atoms with van der Waals surface area (Å²) in [5.74, 6) is 0.408. The maximum absolute atomic E-state index is 13.8. The van der Waals surface area contributed by atoms with E-state index in [2.05, 4.69) is 36.5 Å². The van der Waals surface area contributed by atoms with Crippen molar-refractivity contribution in [1.29, 1.82) is 0 Å². The molecule has 0 radical (unpaired) electrons. The molecule has 27 heavy (non-hydrogen) atoms. The Morgan fingerprint density at radius 3 is 2.81 bits per heavy atom. The predicted octanol–water partition coefficient (Wildman–Crippen LogP) is 1.77. The van der Waals surface area contributed by atoms with Crippen LogP contribution in [0.4, 0.5) is 4.39 Å². The Bertz CT molecular complexity index is 622. The van der Waals surface area contributed by atoms with Gasteiger partial charge in [-0.1, -0.05) is 15.9 Å². The lowest BCUT2D eigenvalue weighted by molar-refractivity contribution is -0.0179. The molecule has 1 unspecified atom stereocenters. The van der Waals surface area contributed by atoms with Crippen LogP contribution in [0.15, 0.2) is 27.7 Å².